The van der Waals surface area contributed by atoms with E-state index in [1.54, 1.807) is 13.2 Å². The molecule has 1 aliphatic rings. The quantitative estimate of drug-likeness (QED) is 0.167. The molecular formula is C38H45N5O6. The van der Waals surface area contributed by atoms with Crippen LogP contribution in [-0.2, 0) is 27.2 Å². The van der Waals surface area contributed by atoms with Crippen molar-refractivity contribution in [3.8, 4) is 5.69 Å². The maximum absolute atomic E-state index is 13.9. The van der Waals surface area contributed by atoms with Gasteiger partial charge in [-0.3, -0.25) is 4.79 Å². The highest BCUT2D eigenvalue weighted by molar-refractivity contribution is 5.79. The highest BCUT2D eigenvalue weighted by Crippen LogP contribution is 2.30. The van der Waals surface area contributed by atoms with Crippen molar-refractivity contribution in [2.45, 2.75) is 77.0 Å². The molecule has 5 aromatic rings. The molecule has 258 valence electrons. The van der Waals surface area contributed by atoms with Crippen molar-refractivity contribution >= 4 is 34.1 Å². The number of hydrogen-bond acceptors (Lipinski definition) is 7. The monoisotopic (exact) mass is 667 g/mol. The minimum absolute atomic E-state index is 0.0270. The molecule has 6 rings (SSSR count). The first-order valence-electron chi connectivity index (χ1n) is 17.0. The van der Waals surface area contributed by atoms with Crippen LogP contribution >= 0.6 is 0 Å². The summed E-state index contributed by atoms with van der Waals surface area (Å²) in [5.74, 6) is 0.609. The number of carbonyl (C=O) groups excluding carboxylic acids is 2. The molecule has 0 saturated carbocycles. The largest absolute Gasteiger partial charge is 0.444 e. The lowest BCUT2D eigenvalue weighted by molar-refractivity contribution is -0.133. The molecule has 11 nitrogen and oxygen atoms in total. The van der Waals surface area contributed by atoms with Gasteiger partial charge in [0.1, 0.15) is 11.4 Å². The van der Waals surface area contributed by atoms with Crippen LogP contribution in [0, 0.1) is 0 Å². The summed E-state index contributed by atoms with van der Waals surface area (Å²) in [5.41, 5.74) is 4.13. The first-order chi connectivity index (χ1) is 23.6. The number of benzene rings is 3. The Labute approximate surface area is 285 Å². The second-order valence-corrected chi connectivity index (χ2v) is 13.7. The summed E-state index contributed by atoms with van der Waals surface area (Å²) in [6.45, 7) is 8.10. The van der Waals surface area contributed by atoms with E-state index >= 15 is 0 Å². The van der Waals surface area contributed by atoms with Gasteiger partial charge >= 0.3 is 11.8 Å². The van der Waals surface area contributed by atoms with Gasteiger partial charge in [0, 0.05) is 51.7 Å². The first kappa shape index (κ1) is 34.0. The van der Waals surface area contributed by atoms with Crippen LogP contribution in [0.5, 0.6) is 0 Å². The van der Waals surface area contributed by atoms with Crippen LogP contribution in [0.1, 0.15) is 63.8 Å². The Morgan fingerprint density at radius 3 is 2.51 bits per heavy atom. The third-order valence-electron chi connectivity index (χ3n) is 8.86. The zero-order valence-corrected chi connectivity index (χ0v) is 28.7. The molecule has 0 aliphatic carbocycles. The first-order valence-corrected chi connectivity index (χ1v) is 17.0. The second kappa shape index (κ2) is 14.7. The van der Waals surface area contributed by atoms with E-state index in [1.807, 2.05) is 86.3 Å². The number of aryl methyl sites for hydroxylation is 1. The molecule has 49 heavy (non-hydrogen) atoms. The number of methoxy groups -OCH3 is 1. The van der Waals surface area contributed by atoms with E-state index in [0.29, 0.717) is 42.9 Å². The molecule has 0 unspecified atom stereocenters. The average molecular weight is 668 g/mol. The van der Waals surface area contributed by atoms with Crippen LogP contribution in [-0.4, -0.2) is 69.5 Å². The SMILES string of the molecule is COCCCn1c([C@@H]2CCCN(C(=O)C[C@@H](Cc3ccc(-n4c(=O)oc5ccccc54)cc3)NC(=O)OC(C)(C)C)C2)nc2ccccc21. The van der Waals surface area contributed by atoms with Gasteiger partial charge in [0.15, 0.2) is 5.58 Å². The summed E-state index contributed by atoms with van der Waals surface area (Å²) in [6.07, 6.45) is 2.62. The number of fused-ring (bicyclic) bond motifs is 2. The predicted molar refractivity (Wildman–Crippen MR) is 188 cm³/mol. The summed E-state index contributed by atoms with van der Waals surface area (Å²) < 4.78 is 20.1. The number of likely N-dealkylation sites (tertiary alicyclic amines) is 1. The van der Waals surface area contributed by atoms with Crippen LogP contribution in [0.15, 0.2) is 82.0 Å². The van der Waals surface area contributed by atoms with Crippen LogP contribution in [0.25, 0.3) is 27.8 Å². The van der Waals surface area contributed by atoms with Gasteiger partial charge in [-0.1, -0.05) is 36.4 Å². The van der Waals surface area contributed by atoms with Gasteiger partial charge in [-0.15, -0.1) is 0 Å². The topological polar surface area (TPSA) is 121 Å². The fraction of sp³-hybridized carbons (Fsp3) is 0.421. The van der Waals surface area contributed by atoms with Gasteiger partial charge < -0.3 is 28.7 Å². The van der Waals surface area contributed by atoms with E-state index in [1.165, 1.54) is 4.57 Å². The maximum atomic E-state index is 13.9. The van der Waals surface area contributed by atoms with Crippen LogP contribution in [0.2, 0.25) is 0 Å². The molecule has 1 N–H and O–H groups in total. The van der Waals surface area contributed by atoms with Gasteiger partial charge in [0.25, 0.3) is 0 Å². The molecule has 0 radical (unpaired) electrons. The maximum Gasteiger partial charge on any atom is 0.424 e. The molecule has 1 saturated heterocycles. The van der Waals surface area contributed by atoms with Crippen molar-refractivity contribution in [2.75, 3.05) is 26.8 Å². The third kappa shape index (κ3) is 8.05. The number of ether oxygens (including phenoxy) is 2. The zero-order chi connectivity index (χ0) is 34.5. The molecule has 3 aromatic carbocycles. The number of hydrogen-bond donors (Lipinski definition) is 1. The van der Waals surface area contributed by atoms with E-state index in [2.05, 4.69) is 16.0 Å². The van der Waals surface area contributed by atoms with Crippen molar-refractivity contribution in [1.29, 1.82) is 0 Å². The van der Waals surface area contributed by atoms with E-state index < -0.39 is 23.5 Å². The molecular weight excluding hydrogens is 622 g/mol. The number of nitrogens with zero attached hydrogens (tertiary/aromatic N) is 4. The summed E-state index contributed by atoms with van der Waals surface area (Å²) in [4.78, 5) is 46.4. The number of imidazole rings is 1. The highest BCUT2D eigenvalue weighted by Gasteiger charge is 2.30. The molecule has 1 aliphatic heterocycles. The Bertz CT molecular complexity index is 1970. The van der Waals surface area contributed by atoms with Crippen LogP contribution < -0.4 is 11.1 Å². The number of alkyl carbamates (subject to hydrolysis) is 1. The van der Waals surface area contributed by atoms with Gasteiger partial charge in [-0.2, -0.15) is 0 Å². The number of rotatable bonds is 11. The van der Waals surface area contributed by atoms with E-state index in [9.17, 15) is 14.4 Å². The molecule has 11 heteroatoms. The third-order valence-corrected chi connectivity index (χ3v) is 8.86. The number of oxazole rings is 1. The molecule has 2 aromatic heterocycles. The number of piperidine rings is 1. The van der Waals surface area contributed by atoms with E-state index in [0.717, 1.165) is 48.2 Å². The Balaban J connectivity index is 1.19. The number of para-hydroxylation sites is 4. The summed E-state index contributed by atoms with van der Waals surface area (Å²) >= 11 is 0. The normalized spacial score (nSPS) is 15.8. The van der Waals surface area contributed by atoms with Gasteiger partial charge in [0.05, 0.1) is 22.2 Å². The Hall–Kier alpha value is -4.90. The summed E-state index contributed by atoms with van der Waals surface area (Å²) in [6, 6.07) is 22.4. The smallest absolute Gasteiger partial charge is 0.424 e. The molecule has 2 atom stereocenters. The predicted octanol–water partition coefficient (Wildman–Crippen LogP) is 6.20. The standard InChI is InChI=1S/C38H45N5O6/c1-38(2,3)49-36(45)39-28(23-26-16-18-29(19-17-26)43-32-14-7-8-15-33(32)48-37(43)46)24-34(44)41-20-9-11-27(25-41)35-40-30-12-5-6-13-31(30)42(35)21-10-22-47-4/h5-8,12-19,27-28H,9-11,20-25H2,1-4H3,(H,39,45)/t27-,28-/m1/s1. The van der Waals surface area contributed by atoms with E-state index in [4.69, 9.17) is 18.9 Å². The molecule has 3 heterocycles. The Kier molecular flexibility index (Phi) is 10.2. The van der Waals surface area contributed by atoms with Crippen molar-refractivity contribution in [2.24, 2.45) is 0 Å². The van der Waals surface area contributed by atoms with Gasteiger partial charge in [-0.05, 0) is 88.4 Å². The van der Waals surface area contributed by atoms with Crippen molar-refractivity contribution in [1.82, 2.24) is 24.3 Å². The van der Waals surface area contributed by atoms with Crippen LogP contribution in [0.4, 0.5) is 4.79 Å². The number of amides is 2. The number of nitrogens with one attached hydrogen (secondary N) is 1. The molecule has 0 bridgehead atoms. The lowest BCUT2D eigenvalue weighted by Gasteiger charge is -2.34. The molecule has 0 spiro atoms. The van der Waals surface area contributed by atoms with Gasteiger partial charge in [-0.25, -0.2) is 19.1 Å². The Morgan fingerprint density at radius 2 is 1.76 bits per heavy atom. The van der Waals surface area contributed by atoms with Gasteiger partial charge in [0.2, 0.25) is 5.91 Å². The van der Waals surface area contributed by atoms with Crippen molar-refractivity contribution in [3.63, 3.8) is 0 Å². The number of carbonyl (C=O) groups is 2. The van der Waals surface area contributed by atoms with Crippen LogP contribution in [0.3, 0.4) is 0 Å². The fourth-order valence-corrected chi connectivity index (χ4v) is 6.69. The average Bonchev–Trinajstić information content (AvgIpc) is 3.61. The summed E-state index contributed by atoms with van der Waals surface area (Å²) in [7, 11) is 1.71. The second-order valence-electron chi connectivity index (χ2n) is 13.7. The van der Waals surface area contributed by atoms with Crippen molar-refractivity contribution < 1.29 is 23.5 Å². The number of aromatic nitrogens is 3. The van der Waals surface area contributed by atoms with Crippen molar-refractivity contribution in [3.05, 3.63) is 94.7 Å². The minimum Gasteiger partial charge on any atom is -0.444 e. The minimum atomic E-state index is -0.685. The van der Waals surface area contributed by atoms with E-state index in [-0.39, 0.29) is 18.2 Å². The molecule has 1 fully saturated rings. The zero-order valence-electron chi connectivity index (χ0n) is 28.7. The summed E-state index contributed by atoms with van der Waals surface area (Å²) in [5, 5.41) is 2.96. The lowest BCUT2D eigenvalue weighted by Crippen LogP contribution is -2.46. The lowest BCUT2D eigenvalue weighted by atomic mass is 9.95. The fourth-order valence-electron chi connectivity index (χ4n) is 6.69. The highest BCUT2D eigenvalue weighted by atomic mass is 16.6. The molecule has 2 amide bonds. The Morgan fingerprint density at radius 1 is 1.02 bits per heavy atom.